The van der Waals surface area contributed by atoms with Crippen molar-refractivity contribution in [3.63, 3.8) is 0 Å². The molecule has 0 heterocycles. The van der Waals surface area contributed by atoms with Crippen LogP contribution in [0.2, 0.25) is 0 Å². The minimum Gasteiger partial charge on any atom is -0.456 e. The van der Waals surface area contributed by atoms with Crippen LogP contribution in [-0.4, -0.2) is 17.9 Å². The monoisotopic (exact) mass is 558 g/mol. The Labute approximate surface area is 249 Å². The molecule has 3 nitrogen and oxygen atoms in total. The van der Waals surface area contributed by atoms with Crippen molar-refractivity contribution in [2.75, 3.05) is 0 Å². The number of hydrogen-bond acceptors (Lipinski definition) is 3. The standard InChI is InChI=1S/C38H54O3/c1-33(2,3)41-32(40)26-13-11-25(12-14-26)27-17-20-35(6)30(34(27,4)5)18-21-37(8)31(35)16-15-28-29-10-9-19-38(29,24-39)23-22-36(28,37)7/h11-14,17,24,28-31H,9-10,15-16,18-23H2,1-8H3/t28?,29?,30?,31?,35-,36+,37+,38+/m0/s1. The topological polar surface area (TPSA) is 43.4 Å². The van der Waals surface area contributed by atoms with E-state index in [0.29, 0.717) is 40.1 Å². The number of rotatable bonds is 3. The maximum atomic E-state index is 12.6. The molecule has 1 aromatic rings. The first kappa shape index (κ1) is 29.2. The first-order valence-electron chi connectivity index (χ1n) is 16.6. The summed E-state index contributed by atoms with van der Waals surface area (Å²) in [6.07, 6.45) is 16.3. The summed E-state index contributed by atoms with van der Waals surface area (Å²) in [6.45, 7) is 18.7. The molecule has 8 atom stereocenters. The van der Waals surface area contributed by atoms with Gasteiger partial charge in [-0.25, -0.2) is 4.79 Å². The summed E-state index contributed by atoms with van der Waals surface area (Å²) in [5.41, 5.74) is 3.79. The van der Waals surface area contributed by atoms with Crippen LogP contribution in [-0.2, 0) is 9.53 Å². The van der Waals surface area contributed by atoms with Gasteiger partial charge < -0.3 is 9.53 Å². The van der Waals surface area contributed by atoms with Crippen molar-refractivity contribution >= 4 is 17.8 Å². The molecule has 5 aliphatic carbocycles. The van der Waals surface area contributed by atoms with E-state index in [4.69, 9.17) is 4.74 Å². The largest absolute Gasteiger partial charge is 0.456 e. The Morgan fingerprint density at radius 2 is 1.54 bits per heavy atom. The Morgan fingerprint density at radius 3 is 2.20 bits per heavy atom. The summed E-state index contributed by atoms with van der Waals surface area (Å²) in [4.78, 5) is 25.1. The molecule has 0 spiro atoms. The number of benzene rings is 1. The van der Waals surface area contributed by atoms with Gasteiger partial charge in [0.25, 0.3) is 0 Å². The van der Waals surface area contributed by atoms with Crippen LogP contribution in [0.5, 0.6) is 0 Å². The lowest BCUT2D eigenvalue weighted by Gasteiger charge is -2.72. The second kappa shape index (κ2) is 9.30. The number of carbonyl (C=O) groups excluding carboxylic acids is 2. The van der Waals surface area contributed by atoms with Crippen molar-refractivity contribution in [1.29, 1.82) is 0 Å². The average molecular weight is 559 g/mol. The third kappa shape index (κ3) is 4.10. The predicted molar refractivity (Wildman–Crippen MR) is 166 cm³/mol. The van der Waals surface area contributed by atoms with Gasteiger partial charge in [-0.2, -0.15) is 0 Å². The number of ether oxygens (including phenoxy) is 1. The minimum absolute atomic E-state index is 0.0159. The fraction of sp³-hybridized carbons (Fsp3) is 0.737. The van der Waals surface area contributed by atoms with Crippen molar-refractivity contribution < 1.29 is 14.3 Å². The maximum absolute atomic E-state index is 12.6. The molecule has 41 heavy (non-hydrogen) atoms. The van der Waals surface area contributed by atoms with Crippen LogP contribution in [0.4, 0.5) is 0 Å². The Morgan fingerprint density at radius 1 is 0.829 bits per heavy atom. The van der Waals surface area contributed by atoms with Gasteiger partial charge >= 0.3 is 5.97 Å². The second-order valence-corrected chi connectivity index (χ2v) is 17.1. The Bertz CT molecular complexity index is 1250. The lowest BCUT2D eigenvalue weighted by Crippen LogP contribution is -2.65. The molecule has 1 aromatic carbocycles. The lowest BCUT2D eigenvalue weighted by molar-refractivity contribution is -0.220. The van der Waals surface area contributed by atoms with Crippen molar-refractivity contribution in [1.82, 2.24) is 0 Å². The molecule has 4 fully saturated rings. The molecular formula is C38H54O3. The number of allylic oxidation sites excluding steroid dienone is 2. The van der Waals surface area contributed by atoms with Crippen LogP contribution in [0.1, 0.15) is 136 Å². The van der Waals surface area contributed by atoms with Crippen LogP contribution >= 0.6 is 0 Å². The van der Waals surface area contributed by atoms with Gasteiger partial charge in [0.1, 0.15) is 11.9 Å². The zero-order valence-electron chi connectivity index (χ0n) is 27.1. The van der Waals surface area contributed by atoms with E-state index in [-0.39, 0.29) is 22.2 Å². The molecule has 0 aromatic heterocycles. The van der Waals surface area contributed by atoms with Crippen LogP contribution in [0.3, 0.4) is 0 Å². The fourth-order valence-electron chi connectivity index (χ4n) is 12.0. The zero-order valence-corrected chi connectivity index (χ0v) is 27.1. The van der Waals surface area contributed by atoms with Gasteiger partial charge in [0.05, 0.1) is 5.56 Å². The minimum atomic E-state index is -0.494. The second-order valence-electron chi connectivity index (χ2n) is 17.1. The summed E-state index contributed by atoms with van der Waals surface area (Å²) in [5, 5.41) is 0. The summed E-state index contributed by atoms with van der Waals surface area (Å²) in [6, 6.07) is 8.16. The summed E-state index contributed by atoms with van der Waals surface area (Å²) in [7, 11) is 0. The van der Waals surface area contributed by atoms with Gasteiger partial charge in [-0.05, 0) is 147 Å². The Balaban J connectivity index is 1.29. The van der Waals surface area contributed by atoms with Crippen LogP contribution in [0, 0.1) is 50.7 Å². The van der Waals surface area contributed by atoms with E-state index in [1.54, 1.807) is 0 Å². The van der Waals surface area contributed by atoms with Crippen LogP contribution in [0.25, 0.3) is 5.57 Å². The van der Waals surface area contributed by atoms with Crippen molar-refractivity contribution in [2.24, 2.45) is 50.7 Å². The molecular weight excluding hydrogens is 504 g/mol. The number of carbonyl (C=O) groups is 2. The molecule has 4 unspecified atom stereocenters. The first-order chi connectivity index (χ1) is 19.1. The molecule has 4 saturated carbocycles. The molecule has 6 rings (SSSR count). The van der Waals surface area contributed by atoms with Gasteiger partial charge in [0.15, 0.2) is 0 Å². The maximum Gasteiger partial charge on any atom is 0.338 e. The van der Waals surface area contributed by atoms with Gasteiger partial charge in [-0.1, -0.05) is 59.2 Å². The number of fused-ring (bicyclic) bond motifs is 7. The fourth-order valence-corrected chi connectivity index (χ4v) is 12.0. The van der Waals surface area contributed by atoms with Gasteiger partial charge in [0, 0.05) is 5.41 Å². The predicted octanol–water partition coefficient (Wildman–Crippen LogP) is 9.69. The highest BCUT2D eigenvalue weighted by Crippen LogP contribution is 2.76. The normalized spacial score (nSPS) is 43.1. The highest BCUT2D eigenvalue weighted by atomic mass is 16.6. The van der Waals surface area contributed by atoms with E-state index in [9.17, 15) is 9.59 Å². The SMILES string of the molecule is CC(C)(C)OC(=O)c1ccc(C2=CC[C@@]3(C)C(CC[C@]4(C)C3CCC3C5CCC[C@]5(C=O)CC[C@]34C)C2(C)C)cc1. The number of aldehydes is 1. The first-order valence-corrected chi connectivity index (χ1v) is 16.6. The third-order valence-electron chi connectivity index (χ3n) is 14.1. The molecule has 0 radical (unpaired) electrons. The zero-order chi connectivity index (χ0) is 29.6. The molecule has 0 saturated heterocycles. The van der Waals surface area contributed by atoms with E-state index in [1.807, 2.05) is 32.9 Å². The van der Waals surface area contributed by atoms with E-state index >= 15 is 0 Å². The Kier molecular flexibility index (Phi) is 6.62. The Hall–Kier alpha value is -1.90. The molecule has 0 N–H and O–H groups in total. The van der Waals surface area contributed by atoms with E-state index in [1.165, 1.54) is 62.4 Å². The van der Waals surface area contributed by atoms with E-state index in [0.717, 1.165) is 19.3 Å². The summed E-state index contributed by atoms with van der Waals surface area (Å²) >= 11 is 0. The molecule has 3 heteroatoms. The summed E-state index contributed by atoms with van der Waals surface area (Å²) in [5.74, 6) is 2.40. The lowest BCUT2D eigenvalue weighted by atomic mass is 9.33. The number of hydrogen-bond donors (Lipinski definition) is 0. The van der Waals surface area contributed by atoms with Gasteiger partial charge in [-0.3, -0.25) is 0 Å². The molecule has 0 amide bonds. The van der Waals surface area contributed by atoms with Crippen molar-refractivity contribution in [3.8, 4) is 0 Å². The molecule has 5 aliphatic rings. The third-order valence-corrected chi connectivity index (χ3v) is 14.1. The smallest absolute Gasteiger partial charge is 0.338 e. The van der Waals surface area contributed by atoms with E-state index < -0.39 is 5.60 Å². The highest BCUT2D eigenvalue weighted by Gasteiger charge is 2.69. The van der Waals surface area contributed by atoms with Crippen LogP contribution < -0.4 is 0 Å². The summed E-state index contributed by atoms with van der Waals surface area (Å²) < 4.78 is 5.60. The van der Waals surface area contributed by atoms with Crippen LogP contribution in [0.15, 0.2) is 30.3 Å². The highest BCUT2D eigenvalue weighted by molar-refractivity contribution is 5.90. The molecule has 0 aliphatic heterocycles. The molecule has 0 bridgehead atoms. The van der Waals surface area contributed by atoms with Gasteiger partial charge in [-0.15, -0.1) is 0 Å². The van der Waals surface area contributed by atoms with E-state index in [2.05, 4.69) is 52.8 Å². The number of esters is 1. The molecule has 224 valence electrons. The van der Waals surface area contributed by atoms with Crippen molar-refractivity contribution in [3.05, 3.63) is 41.5 Å². The average Bonchev–Trinajstić information content (AvgIpc) is 3.33. The van der Waals surface area contributed by atoms with Gasteiger partial charge in [0.2, 0.25) is 0 Å². The quantitative estimate of drug-likeness (QED) is 0.274. The van der Waals surface area contributed by atoms with Crippen molar-refractivity contribution in [2.45, 2.75) is 125 Å².